The fraction of sp³-hybridized carbons (Fsp3) is 0.316. The van der Waals surface area contributed by atoms with Crippen LogP contribution in [0.15, 0.2) is 47.6 Å². The summed E-state index contributed by atoms with van der Waals surface area (Å²) >= 11 is 0. The molecule has 0 bridgehead atoms. The average Bonchev–Trinajstić information content (AvgIpc) is 3.29. The number of hydrogen-bond acceptors (Lipinski definition) is 7. The fourth-order valence-corrected chi connectivity index (χ4v) is 4.69. The molecule has 1 aromatic carbocycles. The minimum atomic E-state index is -3.90. The smallest absolute Gasteiger partial charge is 0.325 e. The van der Waals surface area contributed by atoms with Crippen molar-refractivity contribution in [2.24, 2.45) is 0 Å². The second-order valence-electron chi connectivity index (χ2n) is 7.36. The van der Waals surface area contributed by atoms with Crippen LogP contribution in [0.2, 0.25) is 0 Å². The van der Waals surface area contributed by atoms with Crippen LogP contribution in [0, 0.1) is 0 Å². The van der Waals surface area contributed by atoms with Crippen molar-refractivity contribution in [1.82, 2.24) is 20.2 Å². The van der Waals surface area contributed by atoms with Gasteiger partial charge in [-0.15, -0.1) is 0 Å². The highest BCUT2D eigenvalue weighted by Crippen LogP contribution is 2.34. The van der Waals surface area contributed by atoms with E-state index in [9.17, 15) is 22.8 Å². The second-order valence-corrected chi connectivity index (χ2v) is 9.04. The van der Waals surface area contributed by atoms with E-state index in [0.717, 1.165) is 17.7 Å². The van der Waals surface area contributed by atoms with Gasteiger partial charge in [-0.1, -0.05) is 12.8 Å². The highest BCUT2D eigenvalue weighted by molar-refractivity contribution is 7.92. The first-order valence-electron chi connectivity index (χ1n) is 9.63. The van der Waals surface area contributed by atoms with Gasteiger partial charge in [0, 0.05) is 18.1 Å². The number of urea groups is 1. The molecule has 1 aromatic heterocycles. The molecule has 1 saturated carbocycles. The van der Waals surface area contributed by atoms with Crippen LogP contribution < -0.4 is 15.4 Å². The molecule has 3 N–H and O–H groups in total. The molecule has 11 nitrogen and oxygen atoms in total. The van der Waals surface area contributed by atoms with Gasteiger partial charge in [0.1, 0.15) is 12.1 Å². The Labute approximate surface area is 178 Å². The number of nitrogens with zero attached hydrogens (tertiary/aromatic N) is 3. The third kappa shape index (κ3) is 4.19. The van der Waals surface area contributed by atoms with Crippen molar-refractivity contribution in [1.29, 1.82) is 0 Å². The van der Waals surface area contributed by atoms with Gasteiger partial charge in [-0.05, 0) is 43.2 Å². The van der Waals surface area contributed by atoms with E-state index in [1.165, 1.54) is 36.7 Å². The van der Waals surface area contributed by atoms with E-state index in [2.05, 4.69) is 25.3 Å². The first kappa shape index (κ1) is 20.7. The van der Waals surface area contributed by atoms with Crippen molar-refractivity contribution >= 4 is 39.5 Å². The molecule has 1 aliphatic carbocycles. The van der Waals surface area contributed by atoms with E-state index in [1.54, 1.807) is 6.07 Å². The Morgan fingerprint density at radius 3 is 2.39 bits per heavy atom. The SMILES string of the molecule is O=C(CN1C(=O)NC2(CCCC2)C1=O)Nc1ccc(S(=O)(=O)Nc2ncccn2)cc1. The van der Waals surface area contributed by atoms with Gasteiger partial charge in [0.15, 0.2) is 0 Å². The number of rotatable bonds is 6. The highest BCUT2D eigenvalue weighted by Gasteiger charge is 2.52. The van der Waals surface area contributed by atoms with Crippen LogP contribution in [-0.2, 0) is 19.6 Å². The molecular formula is C19H20N6O5S. The zero-order chi connectivity index (χ0) is 22.1. The Kier molecular flexibility index (Phi) is 5.31. The maximum Gasteiger partial charge on any atom is 0.325 e. The van der Waals surface area contributed by atoms with Crippen LogP contribution in [0.3, 0.4) is 0 Å². The number of hydrogen-bond donors (Lipinski definition) is 3. The van der Waals surface area contributed by atoms with Crippen molar-refractivity contribution in [2.75, 3.05) is 16.6 Å². The molecule has 2 fully saturated rings. The summed E-state index contributed by atoms with van der Waals surface area (Å²) in [7, 11) is -3.90. The number of carbonyl (C=O) groups is 3. The summed E-state index contributed by atoms with van der Waals surface area (Å²) in [6, 6.07) is 6.41. The van der Waals surface area contributed by atoms with Crippen molar-refractivity contribution < 1.29 is 22.8 Å². The van der Waals surface area contributed by atoms with Crippen LogP contribution in [0.1, 0.15) is 25.7 Å². The van der Waals surface area contributed by atoms with Crippen LogP contribution >= 0.6 is 0 Å². The summed E-state index contributed by atoms with van der Waals surface area (Å²) in [5.74, 6) is -1.00. The van der Waals surface area contributed by atoms with Crippen molar-refractivity contribution in [3.63, 3.8) is 0 Å². The van der Waals surface area contributed by atoms with Gasteiger partial charge in [-0.2, -0.15) is 0 Å². The summed E-state index contributed by atoms with van der Waals surface area (Å²) in [6.45, 7) is -0.417. The first-order valence-corrected chi connectivity index (χ1v) is 11.1. The average molecular weight is 444 g/mol. The lowest BCUT2D eigenvalue weighted by atomic mass is 9.98. The zero-order valence-electron chi connectivity index (χ0n) is 16.4. The highest BCUT2D eigenvalue weighted by atomic mass is 32.2. The molecule has 31 heavy (non-hydrogen) atoms. The standard InChI is InChI=1S/C19H20N6O5S/c26-15(12-25-16(27)19(23-18(25)28)8-1-2-9-19)22-13-4-6-14(7-5-13)31(29,30)24-17-20-10-3-11-21-17/h3-7,10-11H,1-2,8-9,12H2,(H,22,26)(H,23,28)(H,20,21,24). The molecule has 2 aromatic rings. The van der Waals surface area contributed by atoms with Crippen molar-refractivity contribution in [3.05, 3.63) is 42.7 Å². The van der Waals surface area contributed by atoms with Crippen LogP contribution in [-0.4, -0.2) is 53.2 Å². The van der Waals surface area contributed by atoms with Gasteiger partial charge in [-0.3, -0.25) is 14.5 Å². The van der Waals surface area contributed by atoms with Gasteiger partial charge in [-0.25, -0.2) is 27.9 Å². The molecule has 0 unspecified atom stereocenters. The number of anilines is 2. The third-order valence-corrected chi connectivity index (χ3v) is 6.59. The van der Waals surface area contributed by atoms with Gasteiger partial charge in [0.25, 0.3) is 15.9 Å². The normalized spacial score (nSPS) is 17.6. The molecule has 2 heterocycles. The molecule has 4 rings (SSSR count). The maximum atomic E-state index is 12.6. The van der Waals surface area contributed by atoms with Gasteiger partial charge in [0.2, 0.25) is 11.9 Å². The maximum absolute atomic E-state index is 12.6. The van der Waals surface area contributed by atoms with Crippen LogP contribution in [0.5, 0.6) is 0 Å². The van der Waals surface area contributed by atoms with Crippen LogP contribution in [0.4, 0.5) is 16.4 Å². The number of aromatic nitrogens is 2. The van der Waals surface area contributed by atoms with E-state index in [4.69, 9.17) is 0 Å². The van der Waals surface area contributed by atoms with E-state index in [-0.39, 0.29) is 16.8 Å². The molecular weight excluding hydrogens is 424 g/mol. The summed E-state index contributed by atoms with van der Waals surface area (Å²) in [4.78, 5) is 45.6. The summed E-state index contributed by atoms with van der Waals surface area (Å²) in [5, 5.41) is 5.28. The molecule has 162 valence electrons. The zero-order valence-corrected chi connectivity index (χ0v) is 17.2. The molecule has 12 heteroatoms. The molecule has 4 amide bonds. The lowest BCUT2D eigenvalue weighted by molar-refractivity contribution is -0.133. The summed E-state index contributed by atoms with van der Waals surface area (Å²) in [5.41, 5.74) is -0.550. The number of amides is 4. The van der Waals surface area contributed by atoms with Gasteiger partial charge < -0.3 is 10.6 Å². The Morgan fingerprint density at radius 2 is 1.74 bits per heavy atom. The van der Waals surface area contributed by atoms with Gasteiger partial charge in [0.05, 0.1) is 4.90 Å². The minimum absolute atomic E-state index is 0.0461. The minimum Gasteiger partial charge on any atom is -0.325 e. The van der Waals surface area contributed by atoms with E-state index < -0.39 is 34.0 Å². The molecule has 2 aliphatic rings. The topological polar surface area (TPSA) is 150 Å². The number of carbonyl (C=O) groups excluding carboxylic acids is 3. The van der Waals surface area contributed by atoms with Gasteiger partial charge >= 0.3 is 6.03 Å². The van der Waals surface area contributed by atoms with Crippen molar-refractivity contribution in [2.45, 2.75) is 36.1 Å². The lowest BCUT2D eigenvalue weighted by Crippen LogP contribution is -2.44. The summed E-state index contributed by atoms with van der Waals surface area (Å²) < 4.78 is 27.0. The fourth-order valence-electron chi connectivity index (χ4n) is 3.73. The Hall–Kier alpha value is -3.54. The van der Waals surface area contributed by atoms with Crippen molar-refractivity contribution in [3.8, 4) is 0 Å². The van der Waals surface area contributed by atoms with Crippen LogP contribution in [0.25, 0.3) is 0 Å². The predicted molar refractivity (Wildman–Crippen MR) is 109 cm³/mol. The lowest BCUT2D eigenvalue weighted by Gasteiger charge is -2.19. The second kappa shape index (κ2) is 7.95. The molecule has 1 saturated heterocycles. The third-order valence-electron chi connectivity index (χ3n) is 5.24. The number of sulfonamides is 1. The first-order chi connectivity index (χ1) is 14.8. The monoisotopic (exact) mass is 444 g/mol. The number of nitrogens with one attached hydrogen (secondary N) is 3. The molecule has 0 atom stereocenters. The van der Waals surface area contributed by atoms with E-state index in [1.807, 2.05) is 0 Å². The predicted octanol–water partition coefficient (Wildman–Crippen LogP) is 1.08. The Bertz CT molecular complexity index is 1110. The number of benzene rings is 1. The van der Waals surface area contributed by atoms with E-state index in [0.29, 0.717) is 18.5 Å². The molecule has 1 spiro atoms. The van der Waals surface area contributed by atoms with E-state index >= 15 is 0 Å². The number of imide groups is 1. The Balaban J connectivity index is 1.38. The largest absolute Gasteiger partial charge is 0.325 e. The molecule has 1 aliphatic heterocycles. The Morgan fingerprint density at radius 1 is 1.10 bits per heavy atom. The quantitative estimate of drug-likeness (QED) is 0.564. The molecule has 0 radical (unpaired) electrons. The summed E-state index contributed by atoms with van der Waals surface area (Å²) in [6.07, 6.45) is 5.67.